The van der Waals surface area contributed by atoms with Crippen LogP contribution in [0.4, 0.5) is 5.69 Å². The Labute approximate surface area is 89.7 Å². The molecule has 0 atom stereocenters. The molecule has 0 radical (unpaired) electrons. The van der Waals surface area contributed by atoms with Crippen molar-refractivity contribution in [1.29, 1.82) is 0 Å². The number of anilines is 1. The van der Waals surface area contributed by atoms with E-state index in [-0.39, 0.29) is 0 Å². The van der Waals surface area contributed by atoms with Gasteiger partial charge in [-0.05, 0) is 12.1 Å². The smallest absolute Gasteiger partial charge is 0.145 e. The lowest BCUT2D eigenvalue weighted by atomic mass is 10.2. The van der Waals surface area contributed by atoms with Gasteiger partial charge in [0.25, 0.3) is 0 Å². The third-order valence-corrected chi connectivity index (χ3v) is 2.13. The Morgan fingerprint density at radius 3 is 2.60 bits per heavy atom. The number of nitrogens with one attached hydrogen (secondary N) is 1. The second-order valence-corrected chi connectivity index (χ2v) is 3.10. The van der Waals surface area contributed by atoms with Crippen molar-refractivity contribution in [1.82, 2.24) is 5.43 Å². The van der Waals surface area contributed by atoms with E-state index in [0.717, 1.165) is 17.2 Å². The summed E-state index contributed by atoms with van der Waals surface area (Å²) in [6, 6.07) is 5.64. The van der Waals surface area contributed by atoms with Gasteiger partial charge >= 0.3 is 0 Å². The molecular weight excluding hydrogens is 194 g/mol. The van der Waals surface area contributed by atoms with Crippen molar-refractivity contribution in [2.24, 2.45) is 5.84 Å². The van der Waals surface area contributed by atoms with E-state index >= 15 is 0 Å². The number of methoxy groups -OCH3 is 2. The highest BCUT2D eigenvalue weighted by Crippen LogP contribution is 2.30. The van der Waals surface area contributed by atoms with Gasteiger partial charge in [-0.2, -0.15) is 0 Å². The first-order valence-electron chi connectivity index (χ1n) is 4.59. The van der Waals surface area contributed by atoms with Crippen LogP contribution in [0.1, 0.15) is 0 Å². The molecule has 1 aromatic carbocycles. The van der Waals surface area contributed by atoms with Crippen molar-refractivity contribution < 1.29 is 9.47 Å². The number of nitrogens with zero attached hydrogens (tertiary/aromatic N) is 1. The number of nitrogens with two attached hydrogens (primary N) is 1. The highest BCUT2D eigenvalue weighted by molar-refractivity contribution is 5.60. The predicted octanol–water partition coefficient (Wildman–Crippen LogP) is 0.561. The van der Waals surface area contributed by atoms with Crippen LogP contribution in [0.3, 0.4) is 0 Å². The molecule has 0 bridgehead atoms. The Hall–Kier alpha value is -1.46. The van der Waals surface area contributed by atoms with Crippen molar-refractivity contribution in [2.75, 3.05) is 32.8 Å². The lowest BCUT2D eigenvalue weighted by Crippen LogP contribution is -2.35. The first-order chi connectivity index (χ1) is 7.22. The molecule has 0 saturated heterocycles. The third kappa shape index (κ3) is 2.74. The molecule has 0 unspecified atom stereocenters. The Morgan fingerprint density at radius 1 is 1.33 bits per heavy atom. The summed E-state index contributed by atoms with van der Waals surface area (Å²) in [5.74, 6) is 6.78. The highest BCUT2D eigenvalue weighted by Gasteiger charge is 2.08. The molecule has 0 amide bonds. The number of hydrogen-bond donors (Lipinski definition) is 2. The Bertz CT molecular complexity index is 318. The zero-order chi connectivity index (χ0) is 11.3. The van der Waals surface area contributed by atoms with Crippen LogP contribution in [-0.4, -0.2) is 27.9 Å². The molecule has 0 heterocycles. The van der Waals surface area contributed by atoms with Crippen LogP contribution in [-0.2, 0) is 0 Å². The van der Waals surface area contributed by atoms with Gasteiger partial charge in [0, 0.05) is 13.1 Å². The van der Waals surface area contributed by atoms with Gasteiger partial charge in [0.1, 0.15) is 11.5 Å². The molecule has 0 aliphatic carbocycles. The van der Waals surface area contributed by atoms with E-state index in [4.69, 9.17) is 15.3 Å². The minimum absolute atomic E-state index is 0.544. The van der Waals surface area contributed by atoms with Gasteiger partial charge in [-0.3, -0.25) is 5.84 Å². The van der Waals surface area contributed by atoms with Crippen LogP contribution >= 0.6 is 0 Å². The molecule has 1 rings (SSSR count). The second-order valence-electron chi connectivity index (χ2n) is 3.10. The van der Waals surface area contributed by atoms with Crippen LogP contribution in [0.15, 0.2) is 18.2 Å². The van der Waals surface area contributed by atoms with Crippen molar-refractivity contribution in [2.45, 2.75) is 0 Å². The number of rotatable bonds is 5. The molecule has 5 nitrogen and oxygen atoms in total. The number of hydrazine groups is 1. The van der Waals surface area contributed by atoms with E-state index in [1.54, 1.807) is 14.2 Å². The van der Waals surface area contributed by atoms with Crippen LogP contribution < -0.4 is 25.6 Å². The molecule has 0 aliphatic heterocycles. The minimum atomic E-state index is 0.544. The van der Waals surface area contributed by atoms with E-state index in [0.29, 0.717) is 6.67 Å². The standard InChI is InChI=1S/C10H17N3O2/c1-13(7-12-11)9-5-4-8(14-2)6-10(9)15-3/h4-6,12H,7,11H2,1-3H3. The maximum atomic E-state index is 5.27. The summed E-state index contributed by atoms with van der Waals surface area (Å²) in [6.07, 6.45) is 0. The summed E-state index contributed by atoms with van der Waals surface area (Å²) in [5, 5.41) is 0. The number of benzene rings is 1. The lowest BCUT2D eigenvalue weighted by Gasteiger charge is -2.21. The fourth-order valence-electron chi connectivity index (χ4n) is 1.32. The van der Waals surface area contributed by atoms with Crippen molar-refractivity contribution >= 4 is 5.69 Å². The second kappa shape index (κ2) is 5.43. The third-order valence-electron chi connectivity index (χ3n) is 2.13. The molecule has 0 spiro atoms. The van der Waals surface area contributed by atoms with Gasteiger partial charge in [0.05, 0.1) is 26.6 Å². The summed E-state index contributed by atoms with van der Waals surface area (Å²) >= 11 is 0. The van der Waals surface area contributed by atoms with Crippen molar-refractivity contribution in [3.8, 4) is 11.5 Å². The molecule has 84 valence electrons. The largest absolute Gasteiger partial charge is 0.497 e. The van der Waals surface area contributed by atoms with E-state index < -0.39 is 0 Å². The first kappa shape index (κ1) is 11.6. The van der Waals surface area contributed by atoms with Gasteiger partial charge in [0.2, 0.25) is 0 Å². The zero-order valence-corrected chi connectivity index (χ0v) is 9.28. The zero-order valence-electron chi connectivity index (χ0n) is 9.28. The van der Waals surface area contributed by atoms with Crippen molar-refractivity contribution in [3.63, 3.8) is 0 Å². The molecule has 0 aliphatic rings. The van der Waals surface area contributed by atoms with Crippen LogP contribution in [0, 0.1) is 0 Å². The quantitative estimate of drug-likeness (QED) is 0.423. The summed E-state index contributed by atoms with van der Waals surface area (Å²) in [7, 11) is 5.17. The SMILES string of the molecule is COc1ccc(N(C)CNN)c(OC)c1. The van der Waals surface area contributed by atoms with E-state index in [1.165, 1.54) is 0 Å². The van der Waals surface area contributed by atoms with Crippen LogP contribution in [0.2, 0.25) is 0 Å². The number of hydrogen-bond acceptors (Lipinski definition) is 5. The van der Waals surface area contributed by atoms with Gasteiger partial charge in [-0.1, -0.05) is 0 Å². The van der Waals surface area contributed by atoms with Gasteiger partial charge in [-0.25, -0.2) is 5.43 Å². The Balaban J connectivity index is 2.96. The van der Waals surface area contributed by atoms with Crippen LogP contribution in [0.5, 0.6) is 11.5 Å². The monoisotopic (exact) mass is 211 g/mol. The predicted molar refractivity (Wildman–Crippen MR) is 60.1 cm³/mol. The molecule has 3 N–H and O–H groups in total. The Kier molecular flexibility index (Phi) is 4.20. The van der Waals surface area contributed by atoms with Gasteiger partial charge in [-0.15, -0.1) is 0 Å². The molecular formula is C10H17N3O2. The summed E-state index contributed by atoms with van der Waals surface area (Å²) in [5.41, 5.74) is 3.54. The van der Waals surface area contributed by atoms with Gasteiger partial charge in [0.15, 0.2) is 0 Å². The molecule has 5 heteroatoms. The molecule has 0 saturated carbocycles. The average Bonchev–Trinajstić information content (AvgIpc) is 2.28. The van der Waals surface area contributed by atoms with Crippen molar-refractivity contribution in [3.05, 3.63) is 18.2 Å². The summed E-state index contributed by atoms with van der Waals surface area (Å²) in [6.45, 7) is 0.544. The fraction of sp³-hybridized carbons (Fsp3) is 0.400. The Morgan fingerprint density at radius 2 is 2.07 bits per heavy atom. The molecule has 0 fully saturated rings. The lowest BCUT2D eigenvalue weighted by molar-refractivity contribution is 0.394. The first-order valence-corrected chi connectivity index (χ1v) is 4.59. The summed E-state index contributed by atoms with van der Waals surface area (Å²) in [4.78, 5) is 1.94. The molecule has 1 aromatic rings. The number of ether oxygens (including phenoxy) is 2. The maximum absolute atomic E-state index is 5.27. The van der Waals surface area contributed by atoms with Crippen LogP contribution in [0.25, 0.3) is 0 Å². The highest BCUT2D eigenvalue weighted by atomic mass is 16.5. The van der Waals surface area contributed by atoms with Gasteiger partial charge < -0.3 is 14.4 Å². The van der Waals surface area contributed by atoms with E-state index in [2.05, 4.69) is 5.43 Å². The minimum Gasteiger partial charge on any atom is -0.497 e. The summed E-state index contributed by atoms with van der Waals surface area (Å²) < 4.78 is 10.4. The topological polar surface area (TPSA) is 59.8 Å². The average molecular weight is 211 g/mol. The fourth-order valence-corrected chi connectivity index (χ4v) is 1.32. The van der Waals surface area contributed by atoms with E-state index in [9.17, 15) is 0 Å². The molecule has 15 heavy (non-hydrogen) atoms. The normalized spacial score (nSPS) is 9.87. The molecule has 0 aromatic heterocycles. The van der Waals surface area contributed by atoms with E-state index in [1.807, 2.05) is 30.1 Å². The maximum Gasteiger partial charge on any atom is 0.145 e.